The Kier molecular flexibility index (Phi) is 9.84. The molecule has 42 heavy (non-hydrogen) atoms. The molecule has 0 aliphatic carbocycles. The first-order chi connectivity index (χ1) is 20.4. The van der Waals surface area contributed by atoms with Gasteiger partial charge in [-0.3, -0.25) is 0 Å². The van der Waals surface area contributed by atoms with Gasteiger partial charge >= 0.3 is 6.03 Å². The van der Waals surface area contributed by atoms with Crippen LogP contribution in [0.3, 0.4) is 0 Å². The van der Waals surface area contributed by atoms with Crippen molar-refractivity contribution in [3.8, 4) is 0 Å². The Bertz CT molecular complexity index is 1490. The topological polar surface area (TPSA) is 96.5 Å². The van der Waals surface area contributed by atoms with Crippen LogP contribution in [0.1, 0.15) is 43.4 Å². The Labute approximate surface area is 249 Å². The first-order valence-electron chi connectivity index (χ1n) is 14.9. The SMILES string of the molecule is CC[NH+]1N=C(Cc2ccccc2)C=C1C1CC[NH+](CC[C@H](NC(=O)NS(=O)(=O)c2ccccc2)c2ccccc2)CC1. The summed E-state index contributed by atoms with van der Waals surface area (Å²) < 4.78 is 27.5. The summed E-state index contributed by atoms with van der Waals surface area (Å²) in [5.41, 5.74) is 4.83. The third-order valence-electron chi connectivity index (χ3n) is 8.20. The molecule has 2 amide bonds. The van der Waals surface area contributed by atoms with Gasteiger partial charge in [0.15, 0.2) is 0 Å². The maximum absolute atomic E-state index is 12.8. The maximum atomic E-state index is 12.8. The molecule has 3 aromatic carbocycles. The number of hydrogen-bond donors (Lipinski definition) is 4. The summed E-state index contributed by atoms with van der Waals surface area (Å²) in [7, 11) is -3.95. The van der Waals surface area contributed by atoms with Gasteiger partial charge in [-0.2, -0.15) is 5.01 Å². The van der Waals surface area contributed by atoms with E-state index in [9.17, 15) is 13.2 Å². The molecule has 2 atom stereocenters. The number of carbonyl (C=O) groups excluding carboxylic acids is 1. The summed E-state index contributed by atoms with van der Waals surface area (Å²) in [5, 5.41) is 9.14. The van der Waals surface area contributed by atoms with E-state index in [4.69, 9.17) is 5.10 Å². The van der Waals surface area contributed by atoms with Gasteiger partial charge in [0.25, 0.3) is 10.0 Å². The highest BCUT2D eigenvalue weighted by atomic mass is 32.2. The van der Waals surface area contributed by atoms with Crippen molar-refractivity contribution < 1.29 is 23.1 Å². The number of sulfonamides is 1. The van der Waals surface area contributed by atoms with E-state index in [1.165, 1.54) is 33.3 Å². The van der Waals surface area contributed by atoms with Crippen LogP contribution in [0, 0.1) is 5.92 Å². The zero-order chi connectivity index (χ0) is 29.4. The molecule has 220 valence electrons. The van der Waals surface area contributed by atoms with Crippen LogP contribution >= 0.6 is 0 Å². The molecule has 1 fully saturated rings. The molecule has 0 radical (unpaired) electrons. The molecule has 0 aromatic heterocycles. The summed E-state index contributed by atoms with van der Waals surface area (Å²) >= 11 is 0. The quantitative estimate of drug-likeness (QED) is 0.278. The predicted molar refractivity (Wildman–Crippen MR) is 165 cm³/mol. The summed E-state index contributed by atoms with van der Waals surface area (Å²) in [6.07, 6.45) is 6.13. The zero-order valence-corrected chi connectivity index (χ0v) is 24.9. The third-order valence-corrected chi connectivity index (χ3v) is 9.55. The first kappa shape index (κ1) is 29.7. The average molecular weight is 588 g/mol. The van der Waals surface area contributed by atoms with Gasteiger partial charge in [-0.25, -0.2) is 17.9 Å². The summed E-state index contributed by atoms with van der Waals surface area (Å²) in [6.45, 7) is 6.14. The van der Waals surface area contributed by atoms with Gasteiger partial charge in [0.2, 0.25) is 0 Å². The molecule has 3 aromatic rings. The first-order valence-corrected chi connectivity index (χ1v) is 16.4. The lowest BCUT2D eigenvalue weighted by Crippen LogP contribution is -3.13. The van der Waals surface area contributed by atoms with Crippen LogP contribution in [-0.4, -0.2) is 46.3 Å². The third kappa shape index (κ3) is 7.73. The Hall–Kier alpha value is -3.79. The number of carbonyl (C=O) groups is 1. The van der Waals surface area contributed by atoms with Gasteiger partial charge < -0.3 is 10.2 Å². The lowest BCUT2D eigenvalue weighted by molar-refractivity contribution is -0.910. The van der Waals surface area contributed by atoms with Crippen LogP contribution in [0.25, 0.3) is 0 Å². The number of allylic oxidation sites excluding steroid dienone is 2. The lowest BCUT2D eigenvalue weighted by Gasteiger charge is -2.31. The largest absolute Gasteiger partial charge is 0.335 e. The smallest absolute Gasteiger partial charge is 0.329 e. The van der Waals surface area contributed by atoms with Crippen molar-refractivity contribution in [1.29, 1.82) is 0 Å². The van der Waals surface area contributed by atoms with E-state index in [-0.39, 0.29) is 10.9 Å². The van der Waals surface area contributed by atoms with Gasteiger partial charge in [0, 0.05) is 37.7 Å². The fourth-order valence-corrected chi connectivity index (χ4v) is 6.91. The highest BCUT2D eigenvalue weighted by molar-refractivity contribution is 7.90. The molecular weight excluding hydrogens is 546 g/mol. The normalized spacial score (nSPS) is 21.2. The van der Waals surface area contributed by atoms with E-state index >= 15 is 0 Å². The van der Waals surface area contributed by atoms with Crippen molar-refractivity contribution in [3.05, 3.63) is 114 Å². The van der Waals surface area contributed by atoms with Crippen molar-refractivity contribution in [3.63, 3.8) is 0 Å². The number of rotatable bonds is 11. The van der Waals surface area contributed by atoms with Crippen molar-refractivity contribution in [1.82, 2.24) is 10.0 Å². The maximum Gasteiger partial charge on any atom is 0.329 e. The Morgan fingerprint density at radius 2 is 1.55 bits per heavy atom. The predicted octanol–water partition coefficient (Wildman–Crippen LogP) is 2.50. The minimum Gasteiger partial charge on any atom is -0.335 e. The molecule has 1 unspecified atom stereocenters. The van der Waals surface area contributed by atoms with Gasteiger partial charge in [0.1, 0.15) is 18.0 Å². The van der Waals surface area contributed by atoms with E-state index < -0.39 is 16.1 Å². The number of urea groups is 1. The van der Waals surface area contributed by atoms with Crippen molar-refractivity contribution in [2.75, 3.05) is 26.2 Å². The molecule has 0 bridgehead atoms. The minimum atomic E-state index is -3.95. The van der Waals surface area contributed by atoms with Crippen LogP contribution < -0.4 is 19.9 Å². The molecule has 1 saturated heterocycles. The number of benzene rings is 3. The second kappa shape index (κ2) is 13.9. The number of hydrogen-bond acceptors (Lipinski definition) is 4. The second-order valence-electron chi connectivity index (χ2n) is 11.1. The van der Waals surface area contributed by atoms with Gasteiger partial charge in [-0.15, -0.1) is 0 Å². The number of amides is 2. The Balaban J connectivity index is 1.16. The molecule has 2 aliphatic rings. The van der Waals surface area contributed by atoms with Crippen molar-refractivity contribution in [2.45, 2.75) is 43.5 Å². The molecule has 0 spiro atoms. The van der Waals surface area contributed by atoms with E-state index in [2.05, 4.69) is 47.3 Å². The van der Waals surface area contributed by atoms with Crippen LogP contribution in [0.4, 0.5) is 4.79 Å². The van der Waals surface area contributed by atoms with Crippen molar-refractivity contribution >= 4 is 21.8 Å². The molecule has 5 rings (SSSR count). The Morgan fingerprint density at radius 3 is 2.19 bits per heavy atom. The minimum absolute atomic E-state index is 0.0576. The zero-order valence-electron chi connectivity index (χ0n) is 24.1. The lowest BCUT2D eigenvalue weighted by atomic mass is 9.91. The van der Waals surface area contributed by atoms with Crippen LogP contribution in [0.15, 0.2) is 113 Å². The molecule has 2 heterocycles. The number of likely N-dealkylation sites (tertiary alicyclic amines) is 1. The molecule has 0 saturated carbocycles. The van der Waals surface area contributed by atoms with Gasteiger partial charge in [-0.1, -0.05) is 84.0 Å². The number of piperidine rings is 1. The van der Waals surface area contributed by atoms with Crippen LogP contribution in [0.2, 0.25) is 0 Å². The van der Waals surface area contributed by atoms with Gasteiger partial charge in [0.05, 0.1) is 30.6 Å². The summed E-state index contributed by atoms with van der Waals surface area (Å²) in [6, 6.07) is 27.2. The van der Waals surface area contributed by atoms with E-state index in [0.717, 1.165) is 56.7 Å². The van der Waals surface area contributed by atoms with Gasteiger partial charge in [-0.05, 0) is 30.2 Å². The highest BCUT2D eigenvalue weighted by Crippen LogP contribution is 2.20. The summed E-state index contributed by atoms with van der Waals surface area (Å²) in [4.78, 5) is 14.4. The standard InChI is InChI=1S/C33H39N5O3S/c1-2-38-32(25-29(35-38)24-26-12-6-3-7-13-26)28-18-21-37(22-19-28)23-20-31(27-14-8-4-9-15-27)34-33(39)36-42(40,41)30-16-10-5-11-17-30/h3-17,25,28,31H,2,18-24H2,1H3,(H2,34,36,39)/p+2/t31-/m0/s1. The fraction of sp³-hybridized carbons (Fsp3) is 0.333. The van der Waals surface area contributed by atoms with E-state index in [1.807, 2.05) is 36.4 Å². The fourth-order valence-electron chi connectivity index (χ4n) is 5.98. The van der Waals surface area contributed by atoms with Crippen LogP contribution in [0.5, 0.6) is 0 Å². The van der Waals surface area contributed by atoms with E-state index in [0.29, 0.717) is 12.3 Å². The second-order valence-corrected chi connectivity index (χ2v) is 12.8. The molecular formula is C33H41N5O3S+2. The number of nitrogens with zero attached hydrogens (tertiary/aromatic N) is 1. The average Bonchev–Trinajstić information content (AvgIpc) is 3.43. The summed E-state index contributed by atoms with van der Waals surface area (Å²) in [5.74, 6) is 0.526. The molecule has 4 N–H and O–H groups in total. The monoisotopic (exact) mass is 587 g/mol. The molecule has 8 nitrogen and oxygen atoms in total. The van der Waals surface area contributed by atoms with Crippen LogP contribution in [-0.2, 0) is 16.4 Å². The van der Waals surface area contributed by atoms with E-state index in [1.54, 1.807) is 18.2 Å². The number of quaternary nitrogens is 2. The number of nitrogens with one attached hydrogen (secondary N) is 4. The molecule has 9 heteroatoms. The Morgan fingerprint density at radius 1 is 0.929 bits per heavy atom. The molecule has 2 aliphatic heterocycles. The van der Waals surface area contributed by atoms with Crippen molar-refractivity contribution in [2.24, 2.45) is 11.0 Å². The highest BCUT2D eigenvalue weighted by Gasteiger charge is 2.34.